The van der Waals surface area contributed by atoms with Gasteiger partial charge in [-0.1, -0.05) is 0 Å². The van der Waals surface area contributed by atoms with Crippen LogP contribution in [0.2, 0.25) is 0 Å². The molecule has 0 unspecified atom stereocenters. The fraction of sp³-hybridized carbons (Fsp3) is 0.250. The molecule has 0 aliphatic carbocycles. The van der Waals surface area contributed by atoms with Crippen molar-refractivity contribution >= 4 is 23.3 Å². The number of amides is 3. The summed E-state index contributed by atoms with van der Waals surface area (Å²) in [5.41, 5.74) is 1.68. The first-order valence-electron chi connectivity index (χ1n) is 8.64. The second-order valence-electron chi connectivity index (χ2n) is 6.13. The Bertz CT molecular complexity index is 921. The molecule has 8 nitrogen and oxygen atoms in total. The van der Waals surface area contributed by atoms with Crippen LogP contribution in [0.25, 0.3) is 0 Å². The zero-order valence-electron chi connectivity index (χ0n) is 15.6. The number of nitriles is 1. The molecule has 0 saturated carbocycles. The number of carbonyl (C=O) groups excluding carboxylic acids is 2. The molecule has 2 aromatic carbocycles. The minimum atomic E-state index is -0.308. The highest BCUT2D eigenvalue weighted by Gasteiger charge is 2.32. The van der Waals surface area contributed by atoms with Crippen molar-refractivity contribution in [2.75, 3.05) is 44.1 Å². The van der Waals surface area contributed by atoms with Gasteiger partial charge in [-0.2, -0.15) is 5.26 Å². The van der Waals surface area contributed by atoms with E-state index >= 15 is 0 Å². The van der Waals surface area contributed by atoms with Gasteiger partial charge < -0.3 is 19.7 Å². The summed E-state index contributed by atoms with van der Waals surface area (Å²) in [5, 5.41) is 11.5. The number of hydrogen-bond donors (Lipinski definition) is 1. The van der Waals surface area contributed by atoms with Gasteiger partial charge in [0.15, 0.2) is 0 Å². The standard InChI is InChI=1S/C20H20N4O4/c1-27-16-7-8-18(28-2)17(11-16)24-10-9-23(20(24)26)13-19(25)22-15-5-3-14(12-21)4-6-15/h3-8,11H,9-10,13H2,1-2H3,(H,22,25). The van der Waals surface area contributed by atoms with Gasteiger partial charge in [-0.05, 0) is 36.4 Å². The van der Waals surface area contributed by atoms with E-state index < -0.39 is 0 Å². The Morgan fingerprint density at radius 2 is 1.89 bits per heavy atom. The third-order valence-corrected chi connectivity index (χ3v) is 4.40. The SMILES string of the molecule is COc1ccc(OC)c(N2CCN(CC(=O)Nc3ccc(C#N)cc3)C2=O)c1. The van der Waals surface area contributed by atoms with Crippen LogP contribution < -0.4 is 19.7 Å². The predicted molar refractivity (Wildman–Crippen MR) is 104 cm³/mol. The highest BCUT2D eigenvalue weighted by atomic mass is 16.5. The molecule has 0 atom stereocenters. The number of urea groups is 1. The van der Waals surface area contributed by atoms with E-state index in [1.807, 2.05) is 6.07 Å². The fourth-order valence-corrected chi connectivity index (χ4v) is 2.96. The zero-order chi connectivity index (χ0) is 20.1. The third-order valence-electron chi connectivity index (χ3n) is 4.40. The molecule has 1 aliphatic rings. The van der Waals surface area contributed by atoms with Crippen molar-refractivity contribution in [2.45, 2.75) is 0 Å². The molecule has 0 aromatic heterocycles. The molecule has 8 heteroatoms. The van der Waals surface area contributed by atoms with Gasteiger partial charge in [-0.3, -0.25) is 9.69 Å². The van der Waals surface area contributed by atoms with Gasteiger partial charge in [-0.25, -0.2) is 4.79 Å². The van der Waals surface area contributed by atoms with Crippen molar-refractivity contribution in [2.24, 2.45) is 0 Å². The van der Waals surface area contributed by atoms with Gasteiger partial charge in [0.25, 0.3) is 0 Å². The summed E-state index contributed by atoms with van der Waals surface area (Å²) in [5.74, 6) is 0.858. The van der Waals surface area contributed by atoms with Crippen LogP contribution >= 0.6 is 0 Å². The Hall–Kier alpha value is -3.73. The first-order chi connectivity index (χ1) is 13.5. The number of ether oxygens (including phenoxy) is 2. The summed E-state index contributed by atoms with van der Waals surface area (Å²) >= 11 is 0. The molecular weight excluding hydrogens is 360 g/mol. The minimum absolute atomic E-state index is 0.0678. The zero-order valence-corrected chi connectivity index (χ0v) is 15.6. The first-order valence-corrected chi connectivity index (χ1v) is 8.64. The molecule has 1 fully saturated rings. The summed E-state index contributed by atoms with van der Waals surface area (Å²) in [6.45, 7) is 0.786. The van der Waals surface area contributed by atoms with Gasteiger partial charge in [0.05, 0.1) is 31.5 Å². The molecule has 2 aromatic rings. The molecule has 1 heterocycles. The van der Waals surface area contributed by atoms with Crippen LogP contribution in [-0.2, 0) is 4.79 Å². The highest BCUT2D eigenvalue weighted by molar-refractivity contribution is 6.00. The Morgan fingerprint density at radius 3 is 2.54 bits per heavy atom. The minimum Gasteiger partial charge on any atom is -0.497 e. The van der Waals surface area contributed by atoms with E-state index in [9.17, 15) is 9.59 Å². The molecule has 1 saturated heterocycles. The molecule has 0 radical (unpaired) electrons. The van der Waals surface area contributed by atoms with Crippen molar-refractivity contribution in [3.63, 3.8) is 0 Å². The molecular formula is C20H20N4O4. The number of anilines is 2. The van der Waals surface area contributed by atoms with Gasteiger partial charge in [-0.15, -0.1) is 0 Å². The molecule has 28 heavy (non-hydrogen) atoms. The summed E-state index contributed by atoms with van der Waals surface area (Å²) in [7, 11) is 3.09. The van der Waals surface area contributed by atoms with Crippen LogP contribution in [0.3, 0.4) is 0 Å². The van der Waals surface area contributed by atoms with Crippen LogP contribution in [0.15, 0.2) is 42.5 Å². The average molecular weight is 380 g/mol. The van der Waals surface area contributed by atoms with Crippen LogP contribution in [0.5, 0.6) is 11.5 Å². The highest BCUT2D eigenvalue weighted by Crippen LogP contribution is 2.34. The lowest BCUT2D eigenvalue weighted by Gasteiger charge is -2.21. The monoisotopic (exact) mass is 380 g/mol. The lowest BCUT2D eigenvalue weighted by molar-refractivity contribution is -0.116. The Labute approximate surface area is 162 Å². The van der Waals surface area contributed by atoms with Crippen LogP contribution in [0, 0.1) is 11.3 Å². The van der Waals surface area contributed by atoms with Crippen molar-refractivity contribution in [1.29, 1.82) is 5.26 Å². The quantitative estimate of drug-likeness (QED) is 0.831. The maximum Gasteiger partial charge on any atom is 0.325 e. The number of nitrogens with one attached hydrogen (secondary N) is 1. The largest absolute Gasteiger partial charge is 0.497 e. The number of benzene rings is 2. The molecule has 1 aliphatic heterocycles. The van der Waals surface area contributed by atoms with Crippen molar-refractivity contribution in [3.8, 4) is 17.6 Å². The lowest BCUT2D eigenvalue weighted by atomic mass is 10.2. The van der Waals surface area contributed by atoms with Crippen LogP contribution in [-0.4, -0.2) is 50.7 Å². The van der Waals surface area contributed by atoms with Crippen molar-refractivity contribution < 1.29 is 19.1 Å². The normalized spacial score (nSPS) is 13.2. The van der Waals surface area contributed by atoms with Gasteiger partial charge in [0.1, 0.15) is 18.0 Å². The Balaban J connectivity index is 1.67. The summed E-state index contributed by atoms with van der Waals surface area (Å²) in [4.78, 5) is 28.1. The Morgan fingerprint density at radius 1 is 1.14 bits per heavy atom. The van der Waals surface area contributed by atoms with E-state index in [4.69, 9.17) is 14.7 Å². The maximum absolute atomic E-state index is 12.8. The van der Waals surface area contributed by atoms with Gasteiger partial charge in [0.2, 0.25) is 5.91 Å². The number of rotatable bonds is 6. The topological polar surface area (TPSA) is 94.9 Å². The molecule has 0 spiro atoms. The maximum atomic E-state index is 12.8. The number of nitrogens with zero attached hydrogens (tertiary/aromatic N) is 3. The van der Waals surface area contributed by atoms with Crippen LogP contribution in [0.1, 0.15) is 5.56 Å². The van der Waals surface area contributed by atoms with E-state index in [2.05, 4.69) is 5.32 Å². The van der Waals surface area contributed by atoms with E-state index in [-0.39, 0.29) is 18.5 Å². The van der Waals surface area contributed by atoms with Crippen LogP contribution in [0.4, 0.5) is 16.2 Å². The molecule has 144 valence electrons. The summed E-state index contributed by atoms with van der Waals surface area (Å²) in [6.07, 6.45) is 0. The summed E-state index contributed by atoms with van der Waals surface area (Å²) in [6, 6.07) is 13.5. The molecule has 3 rings (SSSR count). The smallest absolute Gasteiger partial charge is 0.325 e. The average Bonchev–Trinajstić information content (AvgIpc) is 3.08. The number of hydrogen-bond acceptors (Lipinski definition) is 5. The molecule has 0 bridgehead atoms. The first kappa shape index (κ1) is 19.0. The lowest BCUT2D eigenvalue weighted by Crippen LogP contribution is -2.37. The second kappa shape index (κ2) is 8.31. The number of carbonyl (C=O) groups is 2. The third kappa shape index (κ3) is 3.99. The van der Waals surface area contributed by atoms with E-state index in [0.717, 1.165) is 0 Å². The van der Waals surface area contributed by atoms with Gasteiger partial charge >= 0.3 is 6.03 Å². The van der Waals surface area contributed by atoms with E-state index in [0.29, 0.717) is 41.5 Å². The Kier molecular flexibility index (Phi) is 5.65. The van der Waals surface area contributed by atoms with E-state index in [1.54, 1.807) is 54.5 Å². The fourth-order valence-electron chi connectivity index (χ4n) is 2.96. The van der Waals surface area contributed by atoms with Crippen molar-refractivity contribution in [1.82, 2.24) is 4.90 Å². The van der Waals surface area contributed by atoms with Gasteiger partial charge in [0, 0.05) is 24.8 Å². The second-order valence-corrected chi connectivity index (χ2v) is 6.13. The molecule has 1 N–H and O–H groups in total. The predicted octanol–water partition coefficient (Wildman–Crippen LogP) is 2.46. The van der Waals surface area contributed by atoms with E-state index in [1.165, 1.54) is 12.0 Å². The molecule has 3 amide bonds. The number of methoxy groups -OCH3 is 2. The summed E-state index contributed by atoms with van der Waals surface area (Å²) < 4.78 is 10.6. The van der Waals surface area contributed by atoms with Crippen molar-refractivity contribution in [3.05, 3.63) is 48.0 Å².